The summed E-state index contributed by atoms with van der Waals surface area (Å²) in [6.07, 6.45) is 1.70. The number of rotatable bonds is 6. The van der Waals surface area contributed by atoms with E-state index in [0.717, 1.165) is 33.5 Å². The molecule has 0 bridgehead atoms. The molecule has 0 aliphatic carbocycles. The van der Waals surface area contributed by atoms with E-state index in [0.29, 0.717) is 16.2 Å². The Morgan fingerprint density at radius 1 is 1.00 bits per heavy atom. The number of amides is 3. The van der Waals surface area contributed by atoms with Crippen molar-refractivity contribution in [2.45, 2.75) is 6.92 Å². The zero-order valence-corrected chi connectivity index (χ0v) is 18.3. The Hall–Kier alpha value is -3.71. The summed E-state index contributed by atoms with van der Waals surface area (Å²) in [5, 5.41) is 2.44. The highest BCUT2D eigenvalue weighted by Gasteiger charge is 2.34. The van der Waals surface area contributed by atoms with Crippen molar-refractivity contribution in [2.24, 2.45) is 0 Å². The first kappa shape index (κ1) is 21.5. The molecule has 0 radical (unpaired) electrons. The molecule has 2 aromatic carbocycles. The fourth-order valence-electron chi connectivity index (χ4n) is 3.34. The summed E-state index contributed by atoms with van der Waals surface area (Å²) in [5.74, 6) is -0.635. The zero-order valence-electron chi connectivity index (χ0n) is 17.4. The standard InChI is InChI=1S/C25H21N3O3S/c1-17-20(12-13-21(27-17)19-10-6-3-7-11-19)23(29)26-14-15-28-24(30)22(32-25(28)31)16-18-8-4-2-5-9-18/h2-13,16H,14-15H2,1H3,(H,26,29)/b22-16-. The third-order valence-electron chi connectivity index (χ3n) is 4.99. The van der Waals surface area contributed by atoms with Gasteiger partial charge < -0.3 is 5.32 Å². The van der Waals surface area contributed by atoms with Crippen molar-refractivity contribution >= 4 is 34.9 Å². The van der Waals surface area contributed by atoms with Gasteiger partial charge >= 0.3 is 0 Å². The van der Waals surface area contributed by atoms with Gasteiger partial charge in [0.1, 0.15) is 0 Å². The molecule has 3 aromatic rings. The van der Waals surface area contributed by atoms with Gasteiger partial charge in [0.25, 0.3) is 17.1 Å². The normalized spacial score (nSPS) is 14.8. The lowest BCUT2D eigenvalue weighted by Gasteiger charge is -2.13. The van der Waals surface area contributed by atoms with Crippen LogP contribution in [0.15, 0.2) is 77.7 Å². The van der Waals surface area contributed by atoms with E-state index in [2.05, 4.69) is 10.3 Å². The molecule has 0 unspecified atom stereocenters. The topological polar surface area (TPSA) is 79.4 Å². The number of nitrogens with zero attached hydrogens (tertiary/aromatic N) is 2. The van der Waals surface area contributed by atoms with Crippen molar-refractivity contribution in [1.82, 2.24) is 15.2 Å². The Balaban J connectivity index is 1.36. The van der Waals surface area contributed by atoms with Gasteiger partial charge in [-0.3, -0.25) is 24.3 Å². The first-order chi connectivity index (χ1) is 15.5. The molecular formula is C25H21N3O3S. The molecule has 6 nitrogen and oxygen atoms in total. The van der Waals surface area contributed by atoms with Crippen molar-refractivity contribution in [3.05, 3.63) is 94.5 Å². The Morgan fingerprint density at radius 3 is 2.38 bits per heavy atom. The summed E-state index contributed by atoms with van der Waals surface area (Å²) in [6, 6.07) is 22.6. The Bertz CT molecular complexity index is 1190. The second-order valence-corrected chi connectivity index (χ2v) is 8.19. The van der Waals surface area contributed by atoms with E-state index >= 15 is 0 Å². The maximum atomic E-state index is 12.6. The van der Waals surface area contributed by atoms with Crippen LogP contribution in [-0.4, -0.2) is 40.0 Å². The van der Waals surface area contributed by atoms with Crippen LogP contribution in [-0.2, 0) is 4.79 Å². The molecule has 4 rings (SSSR count). The predicted molar refractivity (Wildman–Crippen MR) is 126 cm³/mol. The first-order valence-electron chi connectivity index (χ1n) is 10.1. The molecule has 160 valence electrons. The Morgan fingerprint density at radius 2 is 1.69 bits per heavy atom. The first-order valence-corrected chi connectivity index (χ1v) is 11.0. The lowest BCUT2D eigenvalue weighted by atomic mass is 10.1. The van der Waals surface area contributed by atoms with Crippen LogP contribution in [0.1, 0.15) is 21.6 Å². The molecule has 1 aliphatic rings. The number of carbonyl (C=O) groups is 3. The van der Waals surface area contributed by atoms with Gasteiger partial charge in [0, 0.05) is 18.7 Å². The van der Waals surface area contributed by atoms with Crippen LogP contribution >= 0.6 is 11.8 Å². The summed E-state index contributed by atoms with van der Waals surface area (Å²) in [7, 11) is 0. The third kappa shape index (κ3) is 4.78. The SMILES string of the molecule is Cc1nc(-c2ccccc2)ccc1C(=O)NCCN1C(=O)S/C(=C\c2ccccc2)C1=O. The minimum absolute atomic E-state index is 0.108. The maximum absolute atomic E-state index is 12.6. The van der Waals surface area contributed by atoms with E-state index in [-0.39, 0.29) is 30.1 Å². The number of carbonyl (C=O) groups excluding carboxylic acids is 3. The number of benzene rings is 2. The van der Waals surface area contributed by atoms with E-state index in [4.69, 9.17) is 0 Å². The highest BCUT2D eigenvalue weighted by atomic mass is 32.2. The van der Waals surface area contributed by atoms with Crippen molar-refractivity contribution in [3.63, 3.8) is 0 Å². The minimum Gasteiger partial charge on any atom is -0.350 e. The van der Waals surface area contributed by atoms with Crippen molar-refractivity contribution in [1.29, 1.82) is 0 Å². The molecule has 0 spiro atoms. The largest absolute Gasteiger partial charge is 0.350 e. The number of nitrogens with one attached hydrogen (secondary N) is 1. The number of hydrogen-bond acceptors (Lipinski definition) is 5. The average molecular weight is 444 g/mol. The number of aromatic nitrogens is 1. The van der Waals surface area contributed by atoms with Gasteiger partial charge in [0.15, 0.2) is 0 Å². The number of aryl methyl sites for hydroxylation is 1. The van der Waals surface area contributed by atoms with Gasteiger partial charge in [-0.1, -0.05) is 60.7 Å². The summed E-state index contributed by atoms with van der Waals surface area (Å²) in [5.41, 5.74) is 3.70. The summed E-state index contributed by atoms with van der Waals surface area (Å²) in [6.45, 7) is 2.05. The molecular weight excluding hydrogens is 422 g/mol. The summed E-state index contributed by atoms with van der Waals surface area (Å²) < 4.78 is 0. The molecule has 7 heteroatoms. The predicted octanol–water partition coefficient (Wildman–Crippen LogP) is 4.52. The number of hydrogen-bond donors (Lipinski definition) is 1. The molecule has 1 N–H and O–H groups in total. The zero-order chi connectivity index (χ0) is 22.5. The highest BCUT2D eigenvalue weighted by molar-refractivity contribution is 8.18. The van der Waals surface area contributed by atoms with Gasteiger partial charge in [-0.25, -0.2) is 0 Å². The molecule has 0 atom stereocenters. The molecule has 32 heavy (non-hydrogen) atoms. The van der Waals surface area contributed by atoms with E-state index < -0.39 is 0 Å². The van der Waals surface area contributed by atoms with Crippen molar-refractivity contribution < 1.29 is 14.4 Å². The second kappa shape index (κ2) is 9.62. The lowest BCUT2D eigenvalue weighted by Crippen LogP contribution is -2.37. The summed E-state index contributed by atoms with van der Waals surface area (Å²) >= 11 is 0.910. The molecule has 1 aromatic heterocycles. The van der Waals surface area contributed by atoms with Gasteiger partial charge in [0.05, 0.1) is 21.9 Å². The fraction of sp³-hybridized carbons (Fsp3) is 0.120. The van der Waals surface area contributed by atoms with Crippen LogP contribution in [0.2, 0.25) is 0 Å². The van der Waals surface area contributed by atoms with E-state index in [1.165, 1.54) is 0 Å². The van der Waals surface area contributed by atoms with Gasteiger partial charge in [-0.05, 0) is 42.5 Å². The van der Waals surface area contributed by atoms with E-state index in [1.54, 1.807) is 19.1 Å². The molecule has 3 amide bonds. The van der Waals surface area contributed by atoms with Crippen LogP contribution in [0, 0.1) is 6.92 Å². The average Bonchev–Trinajstić information content (AvgIpc) is 3.07. The number of imide groups is 1. The third-order valence-corrected chi connectivity index (χ3v) is 5.90. The number of thioether (sulfide) groups is 1. The second-order valence-electron chi connectivity index (χ2n) is 7.20. The van der Waals surface area contributed by atoms with Gasteiger partial charge in [-0.2, -0.15) is 0 Å². The Labute approximate surface area is 190 Å². The van der Waals surface area contributed by atoms with Crippen molar-refractivity contribution in [3.8, 4) is 11.3 Å². The maximum Gasteiger partial charge on any atom is 0.293 e. The molecule has 0 saturated carbocycles. The van der Waals surface area contributed by atoms with E-state index in [9.17, 15) is 14.4 Å². The van der Waals surface area contributed by atoms with Gasteiger partial charge in [0.2, 0.25) is 0 Å². The summed E-state index contributed by atoms with van der Waals surface area (Å²) in [4.78, 5) is 43.5. The van der Waals surface area contributed by atoms with Crippen LogP contribution in [0.25, 0.3) is 17.3 Å². The lowest BCUT2D eigenvalue weighted by molar-refractivity contribution is -0.122. The molecule has 1 fully saturated rings. The van der Waals surface area contributed by atoms with Crippen LogP contribution in [0.4, 0.5) is 4.79 Å². The smallest absolute Gasteiger partial charge is 0.293 e. The van der Waals surface area contributed by atoms with Crippen LogP contribution in [0.5, 0.6) is 0 Å². The molecule has 2 heterocycles. The molecule has 1 aliphatic heterocycles. The fourth-order valence-corrected chi connectivity index (χ4v) is 4.21. The van der Waals surface area contributed by atoms with Gasteiger partial charge in [-0.15, -0.1) is 0 Å². The number of pyridine rings is 1. The quantitative estimate of drug-likeness (QED) is 0.567. The minimum atomic E-state index is -0.344. The highest BCUT2D eigenvalue weighted by Crippen LogP contribution is 2.31. The Kier molecular flexibility index (Phi) is 6.47. The van der Waals surface area contributed by atoms with Crippen molar-refractivity contribution in [2.75, 3.05) is 13.1 Å². The molecule has 1 saturated heterocycles. The van der Waals surface area contributed by atoms with E-state index in [1.807, 2.05) is 66.7 Å². The van der Waals surface area contributed by atoms with Crippen LogP contribution < -0.4 is 5.32 Å². The monoisotopic (exact) mass is 443 g/mol. The van der Waals surface area contributed by atoms with Crippen LogP contribution in [0.3, 0.4) is 0 Å².